The van der Waals surface area contributed by atoms with Gasteiger partial charge in [-0.1, -0.05) is 0 Å². The average molecular weight is 138 g/mol. The molecule has 1 aliphatic heterocycles. The zero-order chi connectivity index (χ0) is 6.10. The normalized spacial score (nSPS) is 17.3. The second-order valence-electron chi connectivity index (χ2n) is 2.21. The van der Waals surface area contributed by atoms with Crippen LogP contribution in [0, 0.1) is 6.07 Å². The second-order valence-corrected chi connectivity index (χ2v) is 3.17. The van der Waals surface area contributed by atoms with Gasteiger partial charge in [-0.2, -0.15) is 0 Å². The summed E-state index contributed by atoms with van der Waals surface area (Å²) in [5.74, 6) is 0. The van der Waals surface area contributed by atoms with Crippen LogP contribution in [-0.2, 0) is 13.0 Å². The quantitative estimate of drug-likeness (QED) is 0.568. The highest BCUT2D eigenvalue weighted by atomic mass is 32.1. The number of hydrogen-bond acceptors (Lipinski definition) is 2. The van der Waals surface area contributed by atoms with E-state index >= 15 is 0 Å². The molecule has 1 aliphatic rings. The molecule has 0 aliphatic carbocycles. The Labute approximate surface area is 58.7 Å². The van der Waals surface area contributed by atoms with Crippen LogP contribution >= 0.6 is 11.3 Å². The third-order valence-electron chi connectivity index (χ3n) is 1.61. The zero-order valence-corrected chi connectivity index (χ0v) is 5.92. The van der Waals surface area contributed by atoms with E-state index in [4.69, 9.17) is 0 Å². The van der Waals surface area contributed by atoms with Crippen molar-refractivity contribution in [2.45, 2.75) is 13.0 Å². The van der Waals surface area contributed by atoms with E-state index in [9.17, 15) is 0 Å². The van der Waals surface area contributed by atoms with Gasteiger partial charge in [0.1, 0.15) is 0 Å². The lowest BCUT2D eigenvalue weighted by Gasteiger charge is -2.10. The van der Waals surface area contributed by atoms with Crippen LogP contribution in [0.1, 0.15) is 10.4 Å². The summed E-state index contributed by atoms with van der Waals surface area (Å²) in [6, 6.07) is 3.24. The highest BCUT2D eigenvalue weighted by molar-refractivity contribution is 7.10. The van der Waals surface area contributed by atoms with Crippen LogP contribution in [0.4, 0.5) is 0 Å². The summed E-state index contributed by atoms with van der Waals surface area (Å²) >= 11 is 1.81. The first-order valence-corrected chi connectivity index (χ1v) is 4.02. The van der Waals surface area contributed by atoms with Gasteiger partial charge in [0.25, 0.3) is 0 Å². The standard InChI is InChI=1S/C7H8NS/c1-3-8-5-7-6(1)2-4-9-7/h4,8H,1,3,5H2. The lowest BCUT2D eigenvalue weighted by Crippen LogP contribution is -2.21. The summed E-state index contributed by atoms with van der Waals surface area (Å²) < 4.78 is 0. The van der Waals surface area contributed by atoms with Crippen molar-refractivity contribution in [2.75, 3.05) is 6.54 Å². The molecule has 0 fully saturated rings. The monoisotopic (exact) mass is 138 g/mol. The van der Waals surface area contributed by atoms with E-state index in [-0.39, 0.29) is 0 Å². The number of thiophene rings is 1. The fourth-order valence-electron chi connectivity index (χ4n) is 1.10. The molecule has 2 heteroatoms. The average Bonchev–Trinajstić information content (AvgIpc) is 2.33. The molecule has 0 spiro atoms. The molecule has 0 amide bonds. The zero-order valence-electron chi connectivity index (χ0n) is 5.11. The van der Waals surface area contributed by atoms with Crippen LogP contribution in [0.2, 0.25) is 0 Å². The van der Waals surface area contributed by atoms with E-state index in [2.05, 4.69) is 16.8 Å². The molecule has 1 radical (unpaired) electrons. The van der Waals surface area contributed by atoms with E-state index < -0.39 is 0 Å². The highest BCUT2D eigenvalue weighted by Gasteiger charge is 2.07. The van der Waals surface area contributed by atoms with Crippen molar-refractivity contribution in [3.63, 3.8) is 0 Å². The van der Waals surface area contributed by atoms with Crippen molar-refractivity contribution < 1.29 is 0 Å². The first-order valence-electron chi connectivity index (χ1n) is 3.14. The molecular weight excluding hydrogens is 130 g/mol. The smallest absolute Gasteiger partial charge is 0.0302 e. The number of hydrogen-bond donors (Lipinski definition) is 1. The first-order chi connectivity index (χ1) is 4.47. The summed E-state index contributed by atoms with van der Waals surface area (Å²) in [5.41, 5.74) is 1.43. The minimum atomic E-state index is 1.06. The molecule has 2 heterocycles. The summed E-state index contributed by atoms with van der Waals surface area (Å²) in [5, 5.41) is 5.37. The summed E-state index contributed by atoms with van der Waals surface area (Å²) in [7, 11) is 0. The van der Waals surface area contributed by atoms with Gasteiger partial charge in [0, 0.05) is 11.4 Å². The maximum Gasteiger partial charge on any atom is 0.0302 e. The third-order valence-corrected chi connectivity index (χ3v) is 2.52. The highest BCUT2D eigenvalue weighted by Crippen LogP contribution is 2.18. The van der Waals surface area contributed by atoms with Gasteiger partial charge in [-0.05, 0) is 30.0 Å². The van der Waals surface area contributed by atoms with E-state index in [1.807, 2.05) is 11.3 Å². The number of fused-ring (bicyclic) bond motifs is 1. The molecule has 2 rings (SSSR count). The fraction of sp³-hybridized carbons (Fsp3) is 0.429. The lowest BCUT2D eigenvalue weighted by atomic mass is 10.1. The van der Waals surface area contributed by atoms with E-state index in [0.717, 1.165) is 13.1 Å². The first kappa shape index (κ1) is 5.45. The predicted molar refractivity (Wildman–Crippen MR) is 38.6 cm³/mol. The van der Waals surface area contributed by atoms with Crippen LogP contribution in [0.25, 0.3) is 0 Å². The Balaban J connectivity index is 2.39. The Bertz CT molecular complexity index is 184. The number of rotatable bonds is 0. The molecule has 0 aromatic carbocycles. The Morgan fingerprint density at radius 3 is 3.56 bits per heavy atom. The summed E-state index contributed by atoms with van der Waals surface area (Å²) in [6.07, 6.45) is 1.17. The minimum absolute atomic E-state index is 1.06. The predicted octanol–water partition coefficient (Wildman–Crippen LogP) is 1.19. The van der Waals surface area contributed by atoms with Crippen molar-refractivity contribution >= 4 is 11.3 Å². The van der Waals surface area contributed by atoms with Gasteiger partial charge in [-0.3, -0.25) is 0 Å². The van der Waals surface area contributed by atoms with Crippen molar-refractivity contribution in [1.82, 2.24) is 5.32 Å². The Hall–Kier alpha value is -0.340. The van der Waals surface area contributed by atoms with Crippen LogP contribution in [-0.4, -0.2) is 6.54 Å². The van der Waals surface area contributed by atoms with Crippen molar-refractivity contribution in [3.8, 4) is 0 Å². The molecule has 47 valence electrons. The Kier molecular flexibility index (Phi) is 1.28. The molecule has 0 saturated carbocycles. The van der Waals surface area contributed by atoms with Crippen molar-refractivity contribution in [1.29, 1.82) is 0 Å². The maximum atomic E-state index is 3.32. The topological polar surface area (TPSA) is 12.0 Å². The molecule has 1 aromatic rings. The molecule has 1 N–H and O–H groups in total. The molecule has 0 bridgehead atoms. The maximum absolute atomic E-state index is 3.32. The molecular formula is C7H8NS. The van der Waals surface area contributed by atoms with E-state index in [1.54, 1.807) is 0 Å². The Morgan fingerprint density at radius 2 is 2.67 bits per heavy atom. The van der Waals surface area contributed by atoms with Crippen molar-refractivity contribution in [2.24, 2.45) is 0 Å². The Morgan fingerprint density at radius 1 is 1.67 bits per heavy atom. The van der Waals surface area contributed by atoms with E-state index in [1.165, 1.54) is 16.9 Å². The van der Waals surface area contributed by atoms with Gasteiger partial charge in [0.15, 0.2) is 0 Å². The minimum Gasteiger partial charge on any atom is -0.312 e. The van der Waals surface area contributed by atoms with Crippen LogP contribution in [0.15, 0.2) is 5.38 Å². The second kappa shape index (κ2) is 2.12. The van der Waals surface area contributed by atoms with Gasteiger partial charge < -0.3 is 5.32 Å². The lowest BCUT2D eigenvalue weighted by molar-refractivity contribution is 0.654. The van der Waals surface area contributed by atoms with Crippen LogP contribution in [0.5, 0.6) is 0 Å². The fourth-order valence-corrected chi connectivity index (χ4v) is 1.93. The molecule has 0 atom stereocenters. The molecule has 9 heavy (non-hydrogen) atoms. The van der Waals surface area contributed by atoms with Gasteiger partial charge >= 0.3 is 0 Å². The van der Waals surface area contributed by atoms with Crippen molar-refractivity contribution in [3.05, 3.63) is 21.9 Å². The van der Waals surface area contributed by atoms with Crippen LogP contribution in [0.3, 0.4) is 0 Å². The van der Waals surface area contributed by atoms with Gasteiger partial charge in [-0.15, -0.1) is 11.3 Å². The molecule has 1 nitrogen and oxygen atoms in total. The largest absolute Gasteiger partial charge is 0.312 e. The summed E-state index contributed by atoms with van der Waals surface area (Å²) in [6.45, 7) is 2.18. The van der Waals surface area contributed by atoms with Gasteiger partial charge in [0.2, 0.25) is 0 Å². The summed E-state index contributed by atoms with van der Waals surface area (Å²) in [4.78, 5) is 1.47. The van der Waals surface area contributed by atoms with Crippen LogP contribution < -0.4 is 5.32 Å². The van der Waals surface area contributed by atoms with E-state index in [0.29, 0.717) is 0 Å². The SMILES string of the molecule is [c]1csc2c1CCNC2. The molecule has 0 saturated heterocycles. The van der Waals surface area contributed by atoms with Gasteiger partial charge in [0.05, 0.1) is 0 Å². The molecule has 0 unspecified atom stereocenters. The molecule has 1 aromatic heterocycles. The number of nitrogens with one attached hydrogen (secondary N) is 1. The third kappa shape index (κ3) is 0.884. The van der Waals surface area contributed by atoms with Gasteiger partial charge in [-0.25, -0.2) is 0 Å².